The third-order valence-corrected chi connectivity index (χ3v) is 2.45. The lowest BCUT2D eigenvalue weighted by atomic mass is 10.2. The topological polar surface area (TPSA) is 0 Å². The third kappa shape index (κ3) is 9.86. The van der Waals surface area contributed by atoms with Gasteiger partial charge in [0.25, 0.3) is 0 Å². The zero-order chi connectivity index (χ0) is 12.1. The molecule has 0 N–H and O–H groups in total. The van der Waals surface area contributed by atoms with E-state index in [2.05, 4.69) is 52.0 Å². The van der Waals surface area contributed by atoms with E-state index in [0.717, 1.165) is 5.75 Å². The standard InChI is InChI=1S/C9H12S.C3H8.C2H6/c1-3-10-9-7-5-4-6-8(9)2;1-3-2;1-2/h4-7H,3H2,1-2H3;3H2,1-2H3;1-2H3. The molecule has 0 aliphatic rings. The maximum Gasteiger partial charge on any atom is 0.0101 e. The molecule has 0 bridgehead atoms. The molecule has 1 aromatic rings. The zero-order valence-electron chi connectivity index (χ0n) is 11.1. The van der Waals surface area contributed by atoms with Gasteiger partial charge in [0, 0.05) is 4.90 Å². The van der Waals surface area contributed by atoms with Gasteiger partial charge in [0.2, 0.25) is 0 Å². The number of hydrogen-bond acceptors (Lipinski definition) is 1. The Morgan fingerprint density at radius 1 is 1.00 bits per heavy atom. The largest absolute Gasteiger partial charge is 0.126 e. The van der Waals surface area contributed by atoms with Gasteiger partial charge in [0.15, 0.2) is 0 Å². The molecule has 0 aliphatic carbocycles. The number of benzene rings is 1. The van der Waals surface area contributed by atoms with Gasteiger partial charge in [-0.25, -0.2) is 0 Å². The summed E-state index contributed by atoms with van der Waals surface area (Å²) in [5.74, 6) is 1.16. The summed E-state index contributed by atoms with van der Waals surface area (Å²) in [4.78, 5) is 1.41. The predicted molar refractivity (Wildman–Crippen MR) is 74.9 cm³/mol. The Bertz CT molecular complexity index is 218. The van der Waals surface area contributed by atoms with E-state index in [4.69, 9.17) is 0 Å². The summed E-state index contributed by atoms with van der Waals surface area (Å²) in [6.45, 7) is 12.6. The molecule has 0 saturated heterocycles. The van der Waals surface area contributed by atoms with Crippen molar-refractivity contribution in [1.82, 2.24) is 0 Å². The molecule has 0 unspecified atom stereocenters. The number of rotatable bonds is 2. The number of aryl methyl sites for hydroxylation is 1. The third-order valence-electron chi connectivity index (χ3n) is 1.39. The molecule has 0 heterocycles. The van der Waals surface area contributed by atoms with Crippen LogP contribution in [0.25, 0.3) is 0 Å². The molecule has 0 nitrogen and oxygen atoms in total. The van der Waals surface area contributed by atoms with Gasteiger partial charge in [0.1, 0.15) is 0 Å². The monoisotopic (exact) mass is 226 g/mol. The van der Waals surface area contributed by atoms with Gasteiger partial charge in [-0.1, -0.05) is 59.2 Å². The van der Waals surface area contributed by atoms with Crippen molar-refractivity contribution in [2.45, 2.75) is 52.9 Å². The van der Waals surface area contributed by atoms with Crippen LogP contribution < -0.4 is 0 Å². The second kappa shape index (κ2) is 13.6. The first-order valence-corrected chi connectivity index (χ1v) is 6.93. The van der Waals surface area contributed by atoms with E-state index in [0.29, 0.717) is 0 Å². The van der Waals surface area contributed by atoms with Crippen LogP contribution in [0, 0.1) is 6.92 Å². The molecule has 0 amide bonds. The summed E-state index contributed by atoms with van der Waals surface area (Å²) in [5.41, 5.74) is 1.38. The number of hydrogen-bond donors (Lipinski definition) is 0. The van der Waals surface area contributed by atoms with E-state index >= 15 is 0 Å². The van der Waals surface area contributed by atoms with Crippen molar-refractivity contribution in [3.63, 3.8) is 0 Å². The second-order valence-electron chi connectivity index (χ2n) is 2.91. The Balaban J connectivity index is 0. The van der Waals surface area contributed by atoms with Crippen molar-refractivity contribution in [3.8, 4) is 0 Å². The summed E-state index contributed by atoms with van der Waals surface area (Å²) in [5, 5.41) is 0. The molecule has 0 aliphatic heterocycles. The Morgan fingerprint density at radius 3 is 1.87 bits per heavy atom. The van der Waals surface area contributed by atoms with Crippen LogP contribution in [0.2, 0.25) is 0 Å². The normalized spacial score (nSPS) is 8.13. The van der Waals surface area contributed by atoms with Crippen LogP contribution in [0.15, 0.2) is 29.2 Å². The lowest BCUT2D eigenvalue weighted by Gasteiger charge is -2.00. The molecule has 1 rings (SSSR count). The smallest absolute Gasteiger partial charge is 0.0101 e. The van der Waals surface area contributed by atoms with E-state index in [9.17, 15) is 0 Å². The van der Waals surface area contributed by atoms with Gasteiger partial charge in [-0.05, 0) is 24.3 Å². The van der Waals surface area contributed by atoms with Crippen molar-refractivity contribution >= 4 is 11.8 Å². The lowest BCUT2D eigenvalue weighted by Crippen LogP contribution is -1.77. The van der Waals surface area contributed by atoms with Crippen LogP contribution in [0.4, 0.5) is 0 Å². The average molecular weight is 226 g/mol. The summed E-state index contributed by atoms with van der Waals surface area (Å²) < 4.78 is 0. The molecule has 88 valence electrons. The quantitative estimate of drug-likeness (QED) is 0.596. The van der Waals surface area contributed by atoms with E-state index < -0.39 is 0 Å². The van der Waals surface area contributed by atoms with Gasteiger partial charge in [-0.2, -0.15) is 0 Å². The van der Waals surface area contributed by atoms with Gasteiger partial charge in [-0.15, -0.1) is 11.8 Å². The van der Waals surface area contributed by atoms with Gasteiger partial charge in [0.05, 0.1) is 0 Å². The lowest BCUT2D eigenvalue weighted by molar-refractivity contribution is 1.09. The van der Waals surface area contributed by atoms with Crippen molar-refractivity contribution in [3.05, 3.63) is 29.8 Å². The van der Waals surface area contributed by atoms with Crippen molar-refractivity contribution < 1.29 is 0 Å². The first-order valence-electron chi connectivity index (χ1n) is 5.94. The summed E-state index contributed by atoms with van der Waals surface area (Å²) in [7, 11) is 0. The van der Waals surface area contributed by atoms with Gasteiger partial charge < -0.3 is 0 Å². The van der Waals surface area contributed by atoms with Crippen LogP contribution in [0.5, 0.6) is 0 Å². The maximum absolute atomic E-state index is 2.18. The fourth-order valence-corrected chi connectivity index (χ4v) is 1.66. The van der Waals surface area contributed by atoms with Crippen LogP contribution in [-0.4, -0.2) is 5.75 Å². The fourth-order valence-electron chi connectivity index (χ4n) is 0.874. The molecule has 0 atom stereocenters. The van der Waals surface area contributed by atoms with Crippen molar-refractivity contribution in [2.75, 3.05) is 5.75 Å². The van der Waals surface area contributed by atoms with Crippen molar-refractivity contribution in [1.29, 1.82) is 0 Å². The second-order valence-corrected chi connectivity index (χ2v) is 4.21. The molecule has 0 aromatic heterocycles. The Hall–Kier alpha value is -0.430. The first kappa shape index (κ1) is 17.0. The SMILES string of the molecule is CC.CCC.CCSc1ccccc1C. The minimum Gasteiger partial charge on any atom is -0.126 e. The molecule has 0 radical (unpaired) electrons. The van der Waals surface area contributed by atoms with Crippen molar-refractivity contribution in [2.24, 2.45) is 0 Å². The minimum atomic E-state index is 1.16. The van der Waals surface area contributed by atoms with Crippen LogP contribution in [0.1, 0.15) is 46.6 Å². The Labute approximate surface area is 100 Å². The molecule has 15 heavy (non-hydrogen) atoms. The molecule has 0 fully saturated rings. The van der Waals surface area contributed by atoms with E-state index in [1.165, 1.54) is 16.9 Å². The molecule has 1 aromatic carbocycles. The van der Waals surface area contributed by atoms with Gasteiger partial charge >= 0.3 is 0 Å². The van der Waals surface area contributed by atoms with Gasteiger partial charge in [-0.3, -0.25) is 0 Å². The molecular weight excluding hydrogens is 200 g/mol. The molecular formula is C14H26S. The van der Waals surface area contributed by atoms with Crippen LogP contribution in [0.3, 0.4) is 0 Å². The molecule has 0 spiro atoms. The Morgan fingerprint density at radius 2 is 1.47 bits per heavy atom. The fraction of sp³-hybridized carbons (Fsp3) is 0.571. The van der Waals surface area contributed by atoms with E-state index in [1.54, 1.807) is 0 Å². The highest BCUT2D eigenvalue weighted by molar-refractivity contribution is 7.99. The number of thioether (sulfide) groups is 1. The highest BCUT2D eigenvalue weighted by atomic mass is 32.2. The minimum absolute atomic E-state index is 1.16. The highest BCUT2D eigenvalue weighted by Crippen LogP contribution is 2.20. The first-order chi connectivity index (χ1) is 7.26. The molecule has 0 saturated carbocycles. The predicted octanol–water partition coefficient (Wildman–Crippen LogP) is 5.55. The van der Waals surface area contributed by atoms with E-state index in [-0.39, 0.29) is 0 Å². The summed E-state index contributed by atoms with van der Waals surface area (Å²) in [6.07, 6.45) is 1.25. The van der Waals surface area contributed by atoms with E-state index in [1.807, 2.05) is 25.6 Å². The zero-order valence-corrected chi connectivity index (χ0v) is 11.9. The summed E-state index contributed by atoms with van der Waals surface area (Å²) in [6, 6.07) is 8.49. The van der Waals surface area contributed by atoms with Crippen LogP contribution >= 0.6 is 11.8 Å². The molecule has 1 heteroatoms. The maximum atomic E-state index is 2.18. The summed E-state index contributed by atoms with van der Waals surface area (Å²) >= 11 is 1.90. The Kier molecular flexibility index (Phi) is 15.4. The highest BCUT2D eigenvalue weighted by Gasteiger charge is 1.92. The average Bonchev–Trinajstić information content (AvgIpc) is 2.26. The van der Waals surface area contributed by atoms with Crippen LogP contribution in [-0.2, 0) is 0 Å².